The number of rotatable bonds is 5. The van der Waals surface area contributed by atoms with Crippen LogP contribution in [0, 0.1) is 5.92 Å². The average Bonchev–Trinajstić information content (AvgIpc) is 2.59. The lowest BCUT2D eigenvalue weighted by atomic mass is 9.78. The first-order valence-electron chi connectivity index (χ1n) is 8.43. The van der Waals surface area contributed by atoms with Gasteiger partial charge >= 0.3 is 5.97 Å². The van der Waals surface area contributed by atoms with Gasteiger partial charge in [0.25, 0.3) is 0 Å². The molecule has 1 aliphatic rings. The van der Waals surface area contributed by atoms with Crippen LogP contribution in [0.4, 0.5) is 5.69 Å². The van der Waals surface area contributed by atoms with Crippen LogP contribution in [0.3, 0.4) is 0 Å². The van der Waals surface area contributed by atoms with Crippen LogP contribution >= 0.6 is 0 Å². The van der Waals surface area contributed by atoms with E-state index in [0.717, 1.165) is 25.3 Å². The van der Waals surface area contributed by atoms with Gasteiger partial charge in [0.05, 0.1) is 0 Å². The van der Waals surface area contributed by atoms with E-state index in [4.69, 9.17) is 0 Å². The van der Waals surface area contributed by atoms with Crippen molar-refractivity contribution >= 4 is 11.7 Å². The van der Waals surface area contributed by atoms with Crippen LogP contribution in [0.15, 0.2) is 60.7 Å². The molecule has 1 fully saturated rings. The number of nitrogens with zero attached hydrogens (tertiary/aromatic N) is 1. The minimum atomic E-state index is -0.908. The molecule has 2 aromatic carbocycles. The molecular weight excluding hydrogens is 300 g/mol. The van der Waals surface area contributed by atoms with Crippen molar-refractivity contribution in [2.24, 2.45) is 5.92 Å². The number of likely N-dealkylation sites (tertiary alicyclic amines) is 1. The monoisotopic (exact) mass is 324 g/mol. The molecule has 0 spiro atoms. The molecular formula is C20H24N2O2. The van der Waals surface area contributed by atoms with Gasteiger partial charge in [-0.15, -0.1) is 0 Å². The zero-order valence-corrected chi connectivity index (χ0v) is 14.0. The predicted molar refractivity (Wildman–Crippen MR) is 95.9 cm³/mol. The molecule has 1 aliphatic heterocycles. The van der Waals surface area contributed by atoms with Crippen molar-refractivity contribution in [1.29, 1.82) is 0 Å². The molecule has 0 aliphatic carbocycles. The molecule has 0 radical (unpaired) electrons. The number of hydrogen-bond acceptors (Lipinski definition) is 3. The maximum atomic E-state index is 12.1. The van der Waals surface area contributed by atoms with Crippen LogP contribution in [0.2, 0.25) is 0 Å². The largest absolute Gasteiger partial charge is 0.479 e. The Kier molecular flexibility index (Phi) is 4.86. The lowest BCUT2D eigenvalue weighted by molar-refractivity contribution is -0.146. The molecule has 0 aromatic heterocycles. The maximum absolute atomic E-state index is 12.1. The Bertz CT molecular complexity index is 675. The Morgan fingerprint density at radius 1 is 1.17 bits per heavy atom. The van der Waals surface area contributed by atoms with Crippen LogP contribution in [0.5, 0.6) is 0 Å². The van der Waals surface area contributed by atoms with Gasteiger partial charge in [-0.2, -0.15) is 0 Å². The van der Waals surface area contributed by atoms with E-state index in [9.17, 15) is 9.90 Å². The van der Waals surface area contributed by atoms with Gasteiger partial charge in [-0.3, -0.25) is 4.90 Å². The third-order valence-electron chi connectivity index (χ3n) is 4.97. The Balaban J connectivity index is 1.72. The Labute approximate surface area is 143 Å². The fourth-order valence-corrected chi connectivity index (χ4v) is 3.54. The zero-order valence-electron chi connectivity index (χ0n) is 14.0. The van der Waals surface area contributed by atoms with E-state index in [2.05, 4.69) is 22.3 Å². The molecule has 3 rings (SSSR count). The number of aliphatic carboxylic acids is 1. The van der Waals surface area contributed by atoms with Crippen molar-refractivity contribution in [1.82, 2.24) is 4.90 Å². The molecule has 1 heterocycles. The molecule has 2 atom stereocenters. The molecule has 0 amide bonds. The van der Waals surface area contributed by atoms with E-state index in [-0.39, 0.29) is 5.92 Å². The maximum Gasteiger partial charge on any atom is 0.329 e. The first-order valence-corrected chi connectivity index (χ1v) is 8.43. The summed E-state index contributed by atoms with van der Waals surface area (Å²) in [5, 5.41) is 13.2. The normalized spacial score (nSPS) is 24.5. The zero-order chi connectivity index (χ0) is 17.0. The summed E-state index contributed by atoms with van der Waals surface area (Å²) in [5.74, 6) is -0.758. The van der Waals surface area contributed by atoms with E-state index in [0.29, 0.717) is 6.42 Å². The highest BCUT2D eigenvalue weighted by Gasteiger charge is 2.47. The van der Waals surface area contributed by atoms with E-state index >= 15 is 0 Å². The highest BCUT2D eigenvalue weighted by molar-refractivity contribution is 5.83. The van der Waals surface area contributed by atoms with Crippen LogP contribution in [-0.2, 0) is 11.3 Å². The van der Waals surface area contributed by atoms with E-state index in [1.807, 2.05) is 55.5 Å². The van der Waals surface area contributed by atoms with E-state index in [1.165, 1.54) is 5.56 Å². The molecule has 4 nitrogen and oxygen atoms in total. The van der Waals surface area contributed by atoms with Crippen molar-refractivity contribution in [2.45, 2.75) is 25.4 Å². The number of hydrogen-bond donors (Lipinski definition) is 2. The lowest BCUT2D eigenvalue weighted by Crippen LogP contribution is -2.59. The van der Waals surface area contributed by atoms with Crippen molar-refractivity contribution in [3.8, 4) is 0 Å². The second-order valence-electron chi connectivity index (χ2n) is 6.64. The van der Waals surface area contributed by atoms with Crippen LogP contribution < -0.4 is 5.32 Å². The summed E-state index contributed by atoms with van der Waals surface area (Å²) in [4.78, 5) is 14.4. The summed E-state index contributed by atoms with van der Waals surface area (Å²) in [6.07, 6.45) is 0.589. The molecule has 126 valence electrons. The van der Waals surface area contributed by atoms with E-state index in [1.54, 1.807) is 0 Å². The first-order chi connectivity index (χ1) is 11.6. The summed E-state index contributed by atoms with van der Waals surface area (Å²) in [5.41, 5.74) is 1.22. The Morgan fingerprint density at radius 2 is 1.79 bits per heavy atom. The first kappa shape index (κ1) is 16.5. The summed E-state index contributed by atoms with van der Waals surface area (Å²) in [7, 11) is 0. The van der Waals surface area contributed by atoms with Gasteiger partial charge < -0.3 is 10.4 Å². The topological polar surface area (TPSA) is 52.6 Å². The number of benzene rings is 2. The molecule has 1 saturated heterocycles. The van der Waals surface area contributed by atoms with Gasteiger partial charge in [0.2, 0.25) is 0 Å². The molecule has 0 bridgehead atoms. The smallest absolute Gasteiger partial charge is 0.329 e. The minimum Gasteiger partial charge on any atom is -0.479 e. The highest BCUT2D eigenvalue weighted by Crippen LogP contribution is 2.32. The molecule has 0 unspecified atom stereocenters. The second-order valence-corrected chi connectivity index (χ2v) is 6.64. The number of anilines is 1. The number of piperidine rings is 1. The van der Waals surface area contributed by atoms with Gasteiger partial charge in [-0.1, -0.05) is 55.5 Å². The predicted octanol–water partition coefficient (Wildman–Crippen LogP) is 3.46. The fourth-order valence-electron chi connectivity index (χ4n) is 3.54. The quantitative estimate of drug-likeness (QED) is 0.884. The van der Waals surface area contributed by atoms with Gasteiger partial charge in [-0.05, 0) is 24.1 Å². The molecule has 2 N–H and O–H groups in total. The summed E-state index contributed by atoms with van der Waals surface area (Å²) in [6, 6.07) is 20.0. The summed E-state index contributed by atoms with van der Waals surface area (Å²) < 4.78 is 0. The SMILES string of the molecule is C[C@H]1CN(Cc2ccccc2)CC[C@]1(Nc1ccccc1)C(=O)O. The van der Waals surface area contributed by atoms with Crippen LogP contribution in [0.25, 0.3) is 0 Å². The number of para-hydroxylation sites is 1. The van der Waals surface area contributed by atoms with Crippen LogP contribution in [0.1, 0.15) is 18.9 Å². The van der Waals surface area contributed by atoms with Crippen molar-refractivity contribution in [3.05, 3.63) is 66.2 Å². The van der Waals surface area contributed by atoms with E-state index < -0.39 is 11.5 Å². The summed E-state index contributed by atoms with van der Waals surface area (Å²) >= 11 is 0. The fraction of sp³-hybridized carbons (Fsp3) is 0.350. The van der Waals surface area contributed by atoms with Crippen LogP contribution in [-0.4, -0.2) is 34.6 Å². The summed E-state index contributed by atoms with van der Waals surface area (Å²) in [6.45, 7) is 4.43. The average molecular weight is 324 g/mol. The van der Waals surface area contributed by atoms with Crippen molar-refractivity contribution < 1.29 is 9.90 Å². The molecule has 2 aromatic rings. The van der Waals surface area contributed by atoms with Gasteiger partial charge in [-0.25, -0.2) is 4.79 Å². The standard InChI is InChI=1S/C20H24N2O2/c1-16-14-22(15-17-8-4-2-5-9-17)13-12-20(16,19(23)24)21-18-10-6-3-7-11-18/h2-11,16,21H,12-15H2,1H3,(H,23,24)/t16-,20+/m0/s1. The Morgan fingerprint density at radius 3 is 2.38 bits per heavy atom. The molecule has 24 heavy (non-hydrogen) atoms. The van der Waals surface area contributed by atoms with Gasteiger partial charge in [0, 0.05) is 31.2 Å². The number of carbonyl (C=O) groups is 1. The third-order valence-corrected chi connectivity index (χ3v) is 4.97. The minimum absolute atomic E-state index is 0.00710. The van der Waals surface area contributed by atoms with Crippen molar-refractivity contribution in [2.75, 3.05) is 18.4 Å². The van der Waals surface area contributed by atoms with Gasteiger partial charge in [0.15, 0.2) is 0 Å². The number of nitrogens with one attached hydrogen (secondary N) is 1. The number of carboxylic acids is 1. The van der Waals surface area contributed by atoms with Gasteiger partial charge in [0.1, 0.15) is 5.54 Å². The van der Waals surface area contributed by atoms with Crippen molar-refractivity contribution in [3.63, 3.8) is 0 Å². The number of carboxylic acid groups (broad SMARTS) is 1. The molecule has 0 saturated carbocycles. The third kappa shape index (κ3) is 3.44. The second kappa shape index (κ2) is 7.05. The molecule has 4 heteroatoms. The lowest BCUT2D eigenvalue weighted by Gasteiger charge is -2.44. The Hall–Kier alpha value is -2.33. The highest BCUT2D eigenvalue weighted by atomic mass is 16.4.